The summed E-state index contributed by atoms with van der Waals surface area (Å²) in [6.45, 7) is 9.39. The highest BCUT2D eigenvalue weighted by atomic mass is 127. The summed E-state index contributed by atoms with van der Waals surface area (Å²) in [7, 11) is -1.18. The molecule has 1 atom stereocenters. The Morgan fingerprint density at radius 2 is 1.85 bits per heavy atom. The van der Waals surface area contributed by atoms with Gasteiger partial charge in [-0.1, -0.05) is 20.8 Å². The van der Waals surface area contributed by atoms with Gasteiger partial charge >= 0.3 is 0 Å². The van der Waals surface area contributed by atoms with Gasteiger partial charge in [0.1, 0.15) is 9.84 Å². The number of halogens is 1. The molecule has 20 heavy (non-hydrogen) atoms. The molecule has 0 aliphatic carbocycles. The lowest BCUT2D eigenvalue weighted by Crippen LogP contribution is -2.43. The van der Waals surface area contributed by atoms with Crippen LogP contribution in [-0.4, -0.2) is 46.0 Å². The van der Waals surface area contributed by atoms with E-state index in [0.717, 1.165) is 18.9 Å². The van der Waals surface area contributed by atoms with E-state index in [2.05, 4.69) is 36.4 Å². The molecule has 122 valence electrons. The summed E-state index contributed by atoms with van der Waals surface area (Å²) in [6, 6.07) is 0.0792. The third-order valence-electron chi connectivity index (χ3n) is 2.70. The van der Waals surface area contributed by atoms with Crippen LogP contribution in [0.2, 0.25) is 0 Å². The molecular weight excluding hydrogens is 389 g/mol. The van der Waals surface area contributed by atoms with Crippen molar-refractivity contribution in [3.05, 3.63) is 0 Å². The summed E-state index contributed by atoms with van der Waals surface area (Å²) in [5, 5.41) is 6.44. The van der Waals surface area contributed by atoms with Crippen LogP contribution < -0.4 is 10.6 Å². The molecule has 0 aromatic rings. The Morgan fingerprint density at radius 3 is 2.25 bits per heavy atom. The first kappa shape index (κ1) is 22.2. The normalized spacial score (nSPS) is 14.4. The van der Waals surface area contributed by atoms with Crippen molar-refractivity contribution in [1.29, 1.82) is 0 Å². The molecule has 0 saturated carbocycles. The summed E-state index contributed by atoms with van der Waals surface area (Å²) in [5.41, 5.74) is 0.285. The summed E-state index contributed by atoms with van der Waals surface area (Å²) >= 11 is 0. The lowest BCUT2D eigenvalue weighted by molar-refractivity contribution is 0.377. The van der Waals surface area contributed by atoms with Gasteiger partial charge in [0.15, 0.2) is 5.96 Å². The van der Waals surface area contributed by atoms with Crippen molar-refractivity contribution >= 4 is 39.8 Å². The summed E-state index contributed by atoms with van der Waals surface area (Å²) < 4.78 is 22.2. The van der Waals surface area contributed by atoms with Crippen LogP contribution in [0.1, 0.15) is 40.5 Å². The third kappa shape index (κ3) is 14.4. The molecule has 0 aromatic heterocycles. The van der Waals surface area contributed by atoms with Gasteiger partial charge < -0.3 is 10.6 Å². The fraction of sp³-hybridized carbons (Fsp3) is 0.923. The number of hydrogen-bond donors (Lipinski definition) is 2. The van der Waals surface area contributed by atoms with Crippen molar-refractivity contribution < 1.29 is 8.42 Å². The minimum atomic E-state index is -2.90. The van der Waals surface area contributed by atoms with Crippen LogP contribution in [0, 0.1) is 5.41 Å². The van der Waals surface area contributed by atoms with Gasteiger partial charge in [-0.2, -0.15) is 0 Å². The van der Waals surface area contributed by atoms with Crippen LogP contribution in [-0.2, 0) is 9.84 Å². The molecule has 0 rings (SSSR count). The Balaban J connectivity index is 0. The van der Waals surface area contributed by atoms with E-state index in [1.54, 1.807) is 7.05 Å². The number of nitrogens with one attached hydrogen (secondary N) is 2. The molecular formula is C13H30IN3O2S. The quantitative estimate of drug-likeness (QED) is 0.393. The van der Waals surface area contributed by atoms with E-state index in [4.69, 9.17) is 0 Å². The second-order valence-corrected chi connectivity index (χ2v) is 8.53. The van der Waals surface area contributed by atoms with Crippen molar-refractivity contribution in [1.82, 2.24) is 10.6 Å². The average Bonchev–Trinajstić information content (AvgIpc) is 2.22. The van der Waals surface area contributed by atoms with Crippen molar-refractivity contribution in [3.63, 3.8) is 0 Å². The van der Waals surface area contributed by atoms with Gasteiger partial charge in [-0.25, -0.2) is 8.42 Å². The van der Waals surface area contributed by atoms with E-state index in [-0.39, 0.29) is 41.2 Å². The van der Waals surface area contributed by atoms with Gasteiger partial charge in [-0.15, -0.1) is 24.0 Å². The molecule has 0 bridgehead atoms. The van der Waals surface area contributed by atoms with E-state index in [1.807, 2.05) is 6.92 Å². The van der Waals surface area contributed by atoms with Gasteiger partial charge in [0.25, 0.3) is 0 Å². The van der Waals surface area contributed by atoms with Crippen LogP contribution in [0.3, 0.4) is 0 Å². The smallest absolute Gasteiger partial charge is 0.191 e. The van der Waals surface area contributed by atoms with E-state index in [0.29, 0.717) is 6.42 Å². The topological polar surface area (TPSA) is 70.6 Å². The summed E-state index contributed by atoms with van der Waals surface area (Å²) in [6.07, 6.45) is 2.89. The second kappa shape index (κ2) is 9.81. The van der Waals surface area contributed by atoms with Crippen LogP contribution in [0.4, 0.5) is 0 Å². The van der Waals surface area contributed by atoms with Crippen molar-refractivity contribution in [2.75, 3.05) is 25.6 Å². The molecule has 2 N–H and O–H groups in total. The maximum absolute atomic E-state index is 11.1. The Labute approximate surface area is 141 Å². The fourth-order valence-corrected chi connectivity index (χ4v) is 2.23. The van der Waals surface area contributed by atoms with Crippen LogP contribution in [0.15, 0.2) is 4.99 Å². The molecule has 0 radical (unpaired) electrons. The van der Waals surface area contributed by atoms with Crippen molar-refractivity contribution in [2.45, 2.75) is 46.6 Å². The molecule has 0 fully saturated rings. The molecule has 7 heteroatoms. The zero-order valence-corrected chi connectivity index (χ0v) is 16.6. The number of guanidine groups is 1. The van der Waals surface area contributed by atoms with Gasteiger partial charge in [0.05, 0.1) is 5.75 Å². The standard InChI is InChI=1S/C13H29N3O2S.HI/c1-11(7-10-19(6,17)18)16-12(14-5)15-9-8-13(2,3)4;/h11H,7-10H2,1-6H3,(H2,14,15,16);1H. The molecule has 0 heterocycles. The number of hydrogen-bond acceptors (Lipinski definition) is 3. The van der Waals surface area contributed by atoms with Crippen molar-refractivity contribution in [3.8, 4) is 0 Å². The first-order valence-corrected chi connectivity index (χ1v) is 8.74. The number of rotatable bonds is 6. The number of aliphatic imine (C=N–C) groups is 1. The van der Waals surface area contributed by atoms with E-state index >= 15 is 0 Å². The summed E-state index contributed by atoms with van der Waals surface area (Å²) in [4.78, 5) is 4.14. The molecule has 0 spiro atoms. The highest BCUT2D eigenvalue weighted by molar-refractivity contribution is 14.0. The van der Waals surface area contributed by atoms with E-state index in [1.165, 1.54) is 6.26 Å². The highest BCUT2D eigenvalue weighted by Crippen LogP contribution is 2.16. The molecule has 1 unspecified atom stereocenters. The molecule has 0 aliphatic rings. The third-order valence-corrected chi connectivity index (χ3v) is 3.67. The zero-order valence-electron chi connectivity index (χ0n) is 13.5. The first-order valence-electron chi connectivity index (χ1n) is 6.68. The first-order chi connectivity index (χ1) is 8.53. The SMILES string of the molecule is CN=C(NCCC(C)(C)C)NC(C)CCS(C)(=O)=O.I. The van der Waals surface area contributed by atoms with Gasteiger partial charge in [0.2, 0.25) is 0 Å². The molecule has 0 saturated heterocycles. The summed E-state index contributed by atoms with van der Waals surface area (Å²) in [5.74, 6) is 0.922. The maximum Gasteiger partial charge on any atom is 0.191 e. The predicted molar refractivity (Wildman–Crippen MR) is 97.8 cm³/mol. The zero-order chi connectivity index (χ0) is 15.1. The van der Waals surface area contributed by atoms with Crippen LogP contribution in [0.5, 0.6) is 0 Å². The van der Waals surface area contributed by atoms with Crippen molar-refractivity contribution in [2.24, 2.45) is 10.4 Å². The van der Waals surface area contributed by atoms with Crippen LogP contribution >= 0.6 is 24.0 Å². The fourth-order valence-electron chi connectivity index (χ4n) is 1.45. The minimum Gasteiger partial charge on any atom is -0.356 e. The Bertz CT molecular complexity index is 389. The van der Waals surface area contributed by atoms with Gasteiger partial charge in [-0.05, 0) is 25.2 Å². The maximum atomic E-state index is 11.1. The average molecular weight is 419 g/mol. The molecule has 0 aromatic carbocycles. The Morgan fingerprint density at radius 1 is 1.30 bits per heavy atom. The number of sulfone groups is 1. The Hall–Kier alpha value is -0.0500. The lowest BCUT2D eigenvalue weighted by atomic mass is 9.92. The van der Waals surface area contributed by atoms with E-state index in [9.17, 15) is 8.42 Å². The monoisotopic (exact) mass is 419 g/mol. The van der Waals surface area contributed by atoms with E-state index < -0.39 is 9.84 Å². The van der Waals surface area contributed by atoms with Gasteiger partial charge in [-0.3, -0.25) is 4.99 Å². The lowest BCUT2D eigenvalue weighted by Gasteiger charge is -2.21. The minimum absolute atomic E-state index is 0. The predicted octanol–water partition coefficient (Wildman–Crippen LogP) is 2.03. The van der Waals surface area contributed by atoms with Gasteiger partial charge in [0, 0.05) is 25.9 Å². The second-order valence-electron chi connectivity index (χ2n) is 6.27. The Kier molecular flexibility index (Phi) is 10.9. The number of nitrogens with zero attached hydrogens (tertiary/aromatic N) is 1. The van der Waals surface area contributed by atoms with Crippen LogP contribution in [0.25, 0.3) is 0 Å². The molecule has 0 aliphatic heterocycles. The highest BCUT2D eigenvalue weighted by Gasteiger charge is 2.11. The largest absolute Gasteiger partial charge is 0.356 e. The molecule has 5 nitrogen and oxygen atoms in total. The molecule has 0 amide bonds.